The van der Waals surface area contributed by atoms with E-state index in [1.165, 1.54) is 0 Å². The number of fused-ring (bicyclic) bond motifs is 1. The summed E-state index contributed by atoms with van der Waals surface area (Å²) < 4.78 is 7.68. The number of para-hydroxylation sites is 1. The first-order chi connectivity index (χ1) is 14.3. The molecule has 0 bridgehead atoms. The number of hydrogen-bond acceptors (Lipinski definition) is 5. The average Bonchev–Trinajstić information content (AvgIpc) is 3.12. The highest BCUT2D eigenvalue weighted by Crippen LogP contribution is 2.31. The molecule has 2 aromatic carbocycles. The Morgan fingerprint density at radius 1 is 0.724 bits per heavy atom. The van der Waals surface area contributed by atoms with E-state index in [9.17, 15) is 0 Å². The Labute approximate surface area is 167 Å². The van der Waals surface area contributed by atoms with Gasteiger partial charge >= 0.3 is 0 Å². The molecule has 0 radical (unpaired) electrons. The van der Waals surface area contributed by atoms with E-state index in [0.29, 0.717) is 5.82 Å². The lowest BCUT2D eigenvalue weighted by Gasteiger charge is -2.09. The van der Waals surface area contributed by atoms with E-state index in [4.69, 9.17) is 10.5 Å². The zero-order valence-electron chi connectivity index (χ0n) is 15.4. The van der Waals surface area contributed by atoms with Crippen molar-refractivity contribution in [2.24, 2.45) is 0 Å². The number of anilines is 1. The summed E-state index contributed by atoms with van der Waals surface area (Å²) >= 11 is 0. The average molecular weight is 379 g/mol. The van der Waals surface area contributed by atoms with Gasteiger partial charge in [-0.1, -0.05) is 24.3 Å². The Balaban J connectivity index is 1.58. The highest BCUT2D eigenvalue weighted by atomic mass is 16.5. The van der Waals surface area contributed by atoms with Gasteiger partial charge in [0.2, 0.25) is 0 Å². The summed E-state index contributed by atoms with van der Waals surface area (Å²) in [5, 5.41) is 5.38. The van der Waals surface area contributed by atoms with Crippen LogP contribution in [0.2, 0.25) is 0 Å². The normalized spacial score (nSPS) is 10.9. The summed E-state index contributed by atoms with van der Waals surface area (Å²) in [4.78, 5) is 8.99. The Hall–Kier alpha value is -4.19. The monoisotopic (exact) mass is 379 g/mol. The molecule has 3 heterocycles. The number of pyridine rings is 2. The van der Waals surface area contributed by atoms with Gasteiger partial charge in [-0.2, -0.15) is 0 Å². The third-order valence-electron chi connectivity index (χ3n) is 4.59. The molecule has 0 amide bonds. The topological polar surface area (TPSA) is 78.8 Å². The molecule has 5 rings (SSSR count). The van der Waals surface area contributed by atoms with Gasteiger partial charge in [-0.3, -0.25) is 9.97 Å². The smallest absolute Gasteiger partial charge is 0.153 e. The van der Waals surface area contributed by atoms with Crippen molar-refractivity contribution >= 4 is 16.7 Å². The molecule has 0 aliphatic heterocycles. The highest BCUT2D eigenvalue weighted by molar-refractivity contribution is 5.98. The molecule has 0 saturated heterocycles. The third-order valence-corrected chi connectivity index (χ3v) is 4.59. The predicted octanol–water partition coefficient (Wildman–Crippen LogP) is 4.86. The van der Waals surface area contributed by atoms with Crippen LogP contribution in [0.1, 0.15) is 0 Å². The first-order valence-corrected chi connectivity index (χ1v) is 9.17. The van der Waals surface area contributed by atoms with Gasteiger partial charge in [0.15, 0.2) is 5.82 Å². The van der Waals surface area contributed by atoms with Gasteiger partial charge in [0.25, 0.3) is 0 Å². The largest absolute Gasteiger partial charge is 0.457 e. The van der Waals surface area contributed by atoms with Crippen LogP contribution < -0.4 is 10.5 Å². The van der Waals surface area contributed by atoms with Crippen LogP contribution in [0.25, 0.3) is 28.0 Å². The van der Waals surface area contributed by atoms with Crippen molar-refractivity contribution in [3.63, 3.8) is 0 Å². The first-order valence-electron chi connectivity index (χ1n) is 9.17. The number of nitrogens with two attached hydrogens (primary N) is 1. The van der Waals surface area contributed by atoms with Crippen molar-refractivity contribution in [2.75, 3.05) is 5.73 Å². The molecule has 5 aromatic rings. The lowest BCUT2D eigenvalue weighted by molar-refractivity contribution is 0.482. The molecule has 0 aliphatic rings. The molecule has 2 N–H and O–H groups in total. The quantitative estimate of drug-likeness (QED) is 0.482. The maximum absolute atomic E-state index is 6.19. The van der Waals surface area contributed by atoms with E-state index < -0.39 is 0 Å². The van der Waals surface area contributed by atoms with Crippen LogP contribution in [0.5, 0.6) is 11.5 Å². The van der Waals surface area contributed by atoms with Crippen LogP contribution in [0.4, 0.5) is 5.82 Å². The Morgan fingerprint density at radius 2 is 1.48 bits per heavy atom. The number of aromatic nitrogens is 4. The van der Waals surface area contributed by atoms with E-state index in [1.807, 2.05) is 78.9 Å². The van der Waals surface area contributed by atoms with Crippen molar-refractivity contribution < 1.29 is 4.74 Å². The van der Waals surface area contributed by atoms with Gasteiger partial charge in [0.1, 0.15) is 22.7 Å². The second kappa shape index (κ2) is 7.09. The lowest BCUT2D eigenvalue weighted by Crippen LogP contribution is -1.99. The number of rotatable bonds is 4. The van der Waals surface area contributed by atoms with Crippen molar-refractivity contribution in [3.05, 3.63) is 91.3 Å². The van der Waals surface area contributed by atoms with E-state index >= 15 is 0 Å². The number of hydrogen-bond donors (Lipinski definition) is 1. The van der Waals surface area contributed by atoms with E-state index in [2.05, 4.69) is 15.1 Å². The van der Waals surface area contributed by atoms with E-state index in [1.54, 1.807) is 17.1 Å². The molecular weight excluding hydrogens is 362 g/mol. The van der Waals surface area contributed by atoms with Crippen molar-refractivity contribution in [1.29, 1.82) is 0 Å². The number of benzene rings is 2. The standard InChI is InChI=1S/C23H17N5O/c24-23-19-13-15-26-21(20-8-4-5-14-25-20)22(19)28(27-23)16-9-11-18(12-10-16)29-17-6-2-1-3-7-17/h1-15H,(H2,24,27). The van der Waals surface area contributed by atoms with Gasteiger partial charge < -0.3 is 10.5 Å². The van der Waals surface area contributed by atoms with Gasteiger partial charge in [-0.05, 0) is 54.6 Å². The Bertz CT molecular complexity index is 1270. The molecule has 6 heteroatoms. The third kappa shape index (κ3) is 3.17. The van der Waals surface area contributed by atoms with Crippen LogP contribution in [-0.4, -0.2) is 19.7 Å². The minimum Gasteiger partial charge on any atom is -0.457 e. The second-order valence-corrected chi connectivity index (χ2v) is 6.48. The summed E-state index contributed by atoms with van der Waals surface area (Å²) in [5.41, 5.74) is 9.37. The highest BCUT2D eigenvalue weighted by Gasteiger charge is 2.16. The summed E-state index contributed by atoms with van der Waals surface area (Å²) in [7, 11) is 0. The molecule has 3 aromatic heterocycles. The van der Waals surface area contributed by atoms with Crippen molar-refractivity contribution in [3.8, 4) is 28.6 Å². The lowest BCUT2D eigenvalue weighted by atomic mass is 10.2. The molecule has 0 atom stereocenters. The zero-order valence-corrected chi connectivity index (χ0v) is 15.4. The summed E-state index contributed by atoms with van der Waals surface area (Å²) in [6, 6.07) is 25.0. The molecule has 0 unspecified atom stereocenters. The SMILES string of the molecule is Nc1nn(-c2ccc(Oc3ccccc3)cc2)c2c(-c3ccccn3)nccc12. The fourth-order valence-electron chi connectivity index (χ4n) is 3.24. The zero-order chi connectivity index (χ0) is 19.6. The van der Waals surface area contributed by atoms with Crippen LogP contribution in [0, 0.1) is 0 Å². The van der Waals surface area contributed by atoms with Crippen LogP contribution >= 0.6 is 0 Å². The molecule has 29 heavy (non-hydrogen) atoms. The minimum atomic E-state index is 0.448. The Kier molecular flexibility index (Phi) is 4.14. The molecule has 0 aliphatic carbocycles. The summed E-state index contributed by atoms with van der Waals surface area (Å²) in [5.74, 6) is 1.98. The van der Waals surface area contributed by atoms with Gasteiger partial charge in [0.05, 0.1) is 11.4 Å². The number of ether oxygens (including phenoxy) is 1. The second-order valence-electron chi connectivity index (χ2n) is 6.48. The molecule has 0 spiro atoms. The summed E-state index contributed by atoms with van der Waals surface area (Å²) in [6.07, 6.45) is 3.47. The molecule has 140 valence electrons. The fraction of sp³-hybridized carbons (Fsp3) is 0. The maximum Gasteiger partial charge on any atom is 0.153 e. The maximum atomic E-state index is 6.19. The molecule has 0 saturated carbocycles. The van der Waals surface area contributed by atoms with Crippen LogP contribution in [-0.2, 0) is 0 Å². The minimum absolute atomic E-state index is 0.448. The first kappa shape index (κ1) is 16.9. The van der Waals surface area contributed by atoms with E-state index in [0.717, 1.165) is 39.5 Å². The van der Waals surface area contributed by atoms with Crippen LogP contribution in [0.15, 0.2) is 91.3 Å². The van der Waals surface area contributed by atoms with Gasteiger partial charge in [-0.15, -0.1) is 5.10 Å². The Morgan fingerprint density at radius 3 is 2.24 bits per heavy atom. The van der Waals surface area contributed by atoms with Gasteiger partial charge in [-0.25, -0.2) is 4.68 Å². The van der Waals surface area contributed by atoms with Crippen molar-refractivity contribution in [1.82, 2.24) is 19.7 Å². The van der Waals surface area contributed by atoms with Crippen LogP contribution in [0.3, 0.4) is 0 Å². The van der Waals surface area contributed by atoms with Crippen molar-refractivity contribution in [2.45, 2.75) is 0 Å². The van der Waals surface area contributed by atoms with E-state index in [-0.39, 0.29) is 0 Å². The molecule has 0 fully saturated rings. The number of nitrogens with zero attached hydrogens (tertiary/aromatic N) is 4. The number of nitrogen functional groups attached to an aromatic ring is 1. The predicted molar refractivity (Wildman–Crippen MR) is 113 cm³/mol. The fourth-order valence-corrected chi connectivity index (χ4v) is 3.24. The van der Waals surface area contributed by atoms with Gasteiger partial charge in [0, 0.05) is 17.8 Å². The molecular formula is C23H17N5O. The molecule has 6 nitrogen and oxygen atoms in total. The summed E-state index contributed by atoms with van der Waals surface area (Å²) in [6.45, 7) is 0.